The summed E-state index contributed by atoms with van der Waals surface area (Å²) < 4.78 is 15.9. The maximum atomic E-state index is 14.2. The number of carbonyl (C=O) groups excluding carboxylic acids is 2. The molecule has 2 unspecified atom stereocenters. The minimum Gasteiger partial charge on any atom is -0.503 e. The summed E-state index contributed by atoms with van der Waals surface area (Å²) in [5.41, 5.74) is -0.494. The Hall–Kier alpha value is -2.91. The fraction of sp³-hybridized carbons (Fsp3) is 0.458. The van der Waals surface area contributed by atoms with Gasteiger partial charge < -0.3 is 19.9 Å². The van der Waals surface area contributed by atoms with E-state index in [4.69, 9.17) is 11.6 Å². The van der Waals surface area contributed by atoms with E-state index in [2.05, 4.69) is 17.1 Å². The van der Waals surface area contributed by atoms with E-state index in [1.54, 1.807) is 15.5 Å². The molecule has 0 aliphatic carbocycles. The number of fused-ring (bicyclic) bond motifs is 2. The summed E-state index contributed by atoms with van der Waals surface area (Å²) in [5, 5.41) is 13.3. The smallest absolute Gasteiger partial charge is 0.276 e. The molecular formula is C24H26ClFN4O4. The number of benzene rings is 1. The Bertz CT molecular complexity index is 1260. The van der Waals surface area contributed by atoms with Crippen molar-refractivity contribution >= 4 is 23.4 Å². The lowest BCUT2D eigenvalue weighted by molar-refractivity contribution is 0.0336. The van der Waals surface area contributed by atoms with Crippen LogP contribution in [-0.4, -0.2) is 56.6 Å². The Morgan fingerprint density at radius 2 is 2.09 bits per heavy atom. The molecule has 0 spiro atoms. The van der Waals surface area contributed by atoms with Crippen LogP contribution in [0.5, 0.6) is 5.75 Å². The third kappa shape index (κ3) is 3.25. The largest absolute Gasteiger partial charge is 0.503 e. The number of hydrogen-bond donors (Lipinski definition) is 2. The van der Waals surface area contributed by atoms with Crippen LogP contribution in [0.1, 0.15) is 64.8 Å². The quantitative estimate of drug-likeness (QED) is 0.674. The molecule has 1 aromatic heterocycles. The number of halogens is 2. The highest BCUT2D eigenvalue weighted by atomic mass is 35.5. The van der Waals surface area contributed by atoms with E-state index in [1.165, 1.54) is 12.1 Å². The molecule has 0 radical (unpaired) electrons. The predicted octanol–water partition coefficient (Wildman–Crippen LogP) is 2.66. The predicted molar refractivity (Wildman–Crippen MR) is 124 cm³/mol. The molecular weight excluding hydrogens is 463 g/mol. The molecule has 180 valence electrons. The van der Waals surface area contributed by atoms with Gasteiger partial charge in [0.15, 0.2) is 11.4 Å². The van der Waals surface area contributed by atoms with Gasteiger partial charge in [0, 0.05) is 30.4 Å². The van der Waals surface area contributed by atoms with Gasteiger partial charge in [0.2, 0.25) is 5.43 Å². The molecule has 2 amide bonds. The number of amides is 2. The van der Waals surface area contributed by atoms with Crippen LogP contribution < -0.4 is 10.7 Å². The molecule has 3 aliphatic rings. The van der Waals surface area contributed by atoms with Gasteiger partial charge in [-0.3, -0.25) is 19.3 Å². The summed E-state index contributed by atoms with van der Waals surface area (Å²) in [5.74, 6) is -2.46. The van der Waals surface area contributed by atoms with Crippen LogP contribution in [0.4, 0.5) is 4.39 Å². The number of aromatic nitrogens is 1. The molecule has 3 aliphatic heterocycles. The van der Waals surface area contributed by atoms with E-state index in [9.17, 15) is 23.9 Å². The van der Waals surface area contributed by atoms with Crippen molar-refractivity contribution < 1.29 is 19.1 Å². The first-order chi connectivity index (χ1) is 16.3. The monoisotopic (exact) mass is 488 g/mol. The van der Waals surface area contributed by atoms with Crippen molar-refractivity contribution in [1.29, 1.82) is 0 Å². The number of carbonyl (C=O) groups is 2. The molecule has 34 heavy (non-hydrogen) atoms. The van der Waals surface area contributed by atoms with Crippen LogP contribution in [0.2, 0.25) is 5.02 Å². The molecule has 2 aromatic rings. The van der Waals surface area contributed by atoms with Crippen molar-refractivity contribution in [3.63, 3.8) is 0 Å². The number of pyridine rings is 1. The van der Waals surface area contributed by atoms with Crippen LogP contribution in [0.25, 0.3) is 0 Å². The Kier molecular flexibility index (Phi) is 5.64. The molecule has 1 aromatic carbocycles. The lowest BCUT2D eigenvalue weighted by atomic mass is 10.0. The third-order valence-electron chi connectivity index (χ3n) is 7.12. The van der Waals surface area contributed by atoms with Crippen molar-refractivity contribution in [3.05, 3.63) is 61.8 Å². The second-order valence-electron chi connectivity index (χ2n) is 9.19. The van der Waals surface area contributed by atoms with Gasteiger partial charge in [0.05, 0.1) is 11.1 Å². The molecule has 8 nitrogen and oxygen atoms in total. The molecule has 3 atom stereocenters. The molecule has 1 fully saturated rings. The van der Waals surface area contributed by atoms with Crippen molar-refractivity contribution in [2.24, 2.45) is 0 Å². The van der Waals surface area contributed by atoms with Crippen LogP contribution in [-0.2, 0) is 13.0 Å². The zero-order chi connectivity index (χ0) is 24.3. The van der Waals surface area contributed by atoms with Crippen molar-refractivity contribution in [1.82, 2.24) is 19.7 Å². The molecule has 4 heterocycles. The lowest BCUT2D eigenvalue weighted by Crippen LogP contribution is -2.54. The van der Waals surface area contributed by atoms with Crippen molar-refractivity contribution in [2.45, 2.75) is 57.9 Å². The van der Waals surface area contributed by atoms with E-state index < -0.39 is 28.8 Å². The van der Waals surface area contributed by atoms with E-state index in [0.29, 0.717) is 25.1 Å². The zero-order valence-corrected chi connectivity index (χ0v) is 19.7. The van der Waals surface area contributed by atoms with Crippen LogP contribution in [0.15, 0.2) is 23.0 Å². The van der Waals surface area contributed by atoms with Gasteiger partial charge in [-0.1, -0.05) is 30.7 Å². The van der Waals surface area contributed by atoms with E-state index in [0.717, 1.165) is 13.0 Å². The normalized spacial score (nSPS) is 23.2. The number of aromatic hydroxyl groups is 1. The minimum atomic E-state index is -0.880. The molecule has 5 rings (SSSR count). The first-order valence-electron chi connectivity index (χ1n) is 11.5. The van der Waals surface area contributed by atoms with E-state index in [-0.39, 0.29) is 46.6 Å². The fourth-order valence-electron chi connectivity index (χ4n) is 5.78. The topological polar surface area (TPSA) is 94.9 Å². The Labute approximate surface area is 200 Å². The number of hydrogen-bond acceptors (Lipinski definition) is 5. The summed E-state index contributed by atoms with van der Waals surface area (Å²) in [4.78, 5) is 43.7. The van der Waals surface area contributed by atoms with Gasteiger partial charge in [-0.05, 0) is 38.8 Å². The van der Waals surface area contributed by atoms with Crippen LogP contribution in [0.3, 0.4) is 0 Å². The minimum absolute atomic E-state index is 0.0404. The summed E-state index contributed by atoms with van der Waals surface area (Å²) in [6.45, 7) is 5.42. The van der Waals surface area contributed by atoms with Gasteiger partial charge >= 0.3 is 0 Å². The number of nitrogens with one attached hydrogen (secondary N) is 1. The van der Waals surface area contributed by atoms with Gasteiger partial charge in [-0.2, -0.15) is 0 Å². The van der Waals surface area contributed by atoms with Gasteiger partial charge in [0.1, 0.15) is 17.5 Å². The summed E-state index contributed by atoms with van der Waals surface area (Å²) >= 11 is 5.81. The average Bonchev–Trinajstić information content (AvgIpc) is 3.36. The average molecular weight is 489 g/mol. The zero-order valence-electron chi connectivity index (χ0n) is 19.0. The SMILES string of the molecule is CCCN1C[C@H](C)N2C(=O)c3c(O)c(=O)c(C(=O)NCc4cccc(Cl)c4F)c4n3C(CC4)C12. The summed E-state index contributed by atoms with van der Waals surface area (Å²) in [7, 11) is 0. The van der Waals surface area contributed by atoms with Gasteiger partial charge in [-0.15, -0.1) is 0 Å². The molecule has 0 saturated carbocycles. The summed E-state index contributed by atoms with van der Waals surface area (Å²) in [6.07, 6.45) is 1.81. The lowest BCUT2D eigenvalue weighted by Gasteiger charge is -2.42. The standard InChI is InChI=1S/C24H26ClFN4O4/c1-3-9-28-11-12(2)29-23(28)16-8-7-15-17(20(31)21(32)19(24(29)34)30(15)16)22(33)27-10-13-5-4-6-14(25)18(13)26/h4-6,12,16,23,32H,3,7-11H2,1-2H3,(H,27,33)/t12-,16?,23?/m0/s1. The second-order valence-corrected chi connectivity index (χ2v) is 9.60. The first kappa shape index (κ1) is 22.9. The molecule has 2 N–H and O–H groups in total. The highest BCUT2D eigenvalue weighted by Crippen LogP contribution is 2.44. The number of nitrogens with zero attached hydrogens (tertiary/aromatic N) is 3. The maximum Gasteiger partial charge on any atom is 0.276 e. The fourth-order valence-corrected chi connectivity index (χ4v) is 5.97. The van der Waals surface area contributed by atoms with Gasteiger partial charge in [-0.25, -0.2) is 4.39 Å². The van der Waals surface area contributed by atoms with Gasteiger partial charge in [0.25, 0.3) is 11.8 Å². The van der Waals surface area contributed by atoms with E-state index in [1.807, 2.05) is 6.92 Å². The highest BCUT2D eigenvalue weighted by Gasteiger charge is 2.53. The highest BCUT2D eigenvalue weighted by molar-refractivity contribution is 6.30. The summed E-state index contributed by atoms with van der Waals surface area (Å²) in [6, 6.07) is 4.25. The Morgan fingerprint density at radius 1 is 1.32 bits per heavy atom. The van der Waals surface area contributed by atoms with Crippen LogP contribution in [0, 0.1) is 5.82 Å². The Morgan fingerprint density at radius 3 is 2.82 bits per heavy atom. The first-order valence-corrected chi connectivity index (χ1v) is 11.9. The molecule has 10 heteroatoms. The van der Waals surface area contributed by atoms with Crippen LogP contribution >= 0.6 is 11.6 Å². The number of rotatable bonds is 5. The van der Waals surface area contributed by atoms with Crippen molar-refractivity contribution in [2.75, 3.05) is 13.1 Å². The second kappa shape index (κ2) is 8.39. The molecule has 1 saturated heterocycles. The maximum absolute atomic E-state index is 14.2. The van der Waals surface area contributed by atoms with Crippen molar-refractivity contribution in [3.8, 4) is 5.75 Å². The Balaban J connectivity index is 1.55. The third-order valence-corrected chi connectivity index (χ3v) is 7.41. The van der Waals surface area contributed by atoms with E-state index >= 15 is 0 Å². The molecule has 0 bridgehead atoms.